The lowest BCUT2D eigenvalue weighted by Crippen LogP contribution is -2.42. The predicted molar refractivity (Wildman–Crippen MR) is 61.4 cm³/mol. The molecule has 7 heteroatoms. The highest BCUT2D eigenvalue weighted by molar-refractivity contribution is 5.81. The van der Waals surface area contributed by atoms with Crippen LogP contribution in [0.2, 0.25) is 0 Å². The lowest BCUT2D eigenvalue weighted by molar-refractivity contribution is -0.163. The zero-order valence-electron chi connectivity index (χ0n) is 10.7. The molecule has 1 N–H and O–H groups in total. The summed E-state index contributed by atoms with van der Waals surface area (Å²) in [4.78, 5) is 23.6. The van der Waals surface area contributed by atoms with Crippen LogP contribution in [0.4, 0.5) is 13.2 Å². The molecule has 1 saturated carbocycles. The topological polar surface area (TPSA) is 57.6 Å². The van der Waals surface area contributed by atoms with E-state index in [1.807, 2.05) is 0 Å². The maximum Gasteiger partial charge on any atom is 0.406 e. The summed E-state index contributed by atoms with van der Waals surface area (Å²) in [6, 6.07) is 0. The van der Waals surface area contributed by atoms with Crippen LogP contribution in [0.15, 0.2) is 0 Å². The molecule has 1 aliphatic carbocycles. The second-order valence-corrected chi connectivity index (χ2v) is 4.92. The molecule has 19 heavy (non-hydrogen) atoms. The largest absolute Gasteiger partial charge is 0.481 e. The Balaban J connectivity index is 2.65. The Hall–Kier alpha value is -1.27. The fraction of sp³-hybridized carbons (Fsp3) is 0.833. The number of carbonyl (C=O) groups excluding carboxylic acids is 1. The molecule has 0 spiro atoms. The van der Waals surface area contributed by atoms with Gasteiger partial charge in [0, 0.05) is 12.5 Å². The lowest BCUT2D eigenvalue weighted by atomic mass is 10.0. The van der Waals surface area contributed by atoms with Crippen molar-refractivity contribution in [3.63, 3.8) is 0 Å². The fourth-order valence-electron chi connectivity index (χ4n) is 2.44. The molecule has 0 aromatic carbocycles. The van der Waals surface area contributed by atoms with Crippen LogP contribution in [0.1, 0.15) is 32.6 Å². The van der Waals surface area contributed by atoms with Crippen LogP contribution in [0.3, 0.4) is 0 Å². The van der Waals surface area contributed by atoms with Crippen molar-refractivity contribution in [3.8, 4) is 0 Å². The zero-order chi connectivity index (χ0) is 14.6. The lowest BCUT2D eigenvalue weighted by Gasteiger charge is -2.26. The number of halogens is 3. The molecule has 0 bridgehead atoms. The number of aliphatic carboxylic acids is 1. The molecule has 4 nitrogen and oxygen atoms in total. The monoisotopic (exact) mass is 281 g/mol. The Bertz CT molecular complexity index is 344. The van der Waals surface area contributed by atoms with Gasteiger partial charge >= 0.3 is 12.1 Å². The van der Waals surface area contributed by atoms with Crippen molar-refractivity contribution in [1.82, 2.24) is 4.90 Å². The molecule has 0 aromatic heterocycles. The molecular weight excluding hydrogens is 263 g/mol. The second kappa shape index (κ2) is 6.25. The van der Waals surface area contributed by atoms with Crippen molar-refractivity contribution >= 4 is 11.9 Å². The first-order chi connectivity index (χ1) is 8.74. The van der Waals surface area contributed by atoms with E-state index in [2.05, 4.69) is 0 Å². The Morgan fingerprint density at radius 2 is 1.84 bits per heavy atom. The number of carboxylic acids is 1. The molecule has 0 saturated heterocycles. The molecule has 0 radical (unpaired) electrons. The van der Waals surface area contributed by atoms with E-state index in [0.29, 0.717) is 19.3 Å². The first-order valence-electron chi connectivity index (χ1n) is 6.33. The van der Waals surface area contributed by atoms with Crippen molar-refractivity contribution in [1.29, 1.82) is 0 Å². The molecule has 1 rings (SSSR count). The summed E-state index contributed by atoms with van der Waals surface area (Å²) in [6.45, 7) is 0.492. The molecule has 1 amide bonds. The van der Waals surface area contributed by atoms with Gasteiger partial charge in [-0.25, -0.2) is 0 Å². The van der Waals surface area contributed by atoms with Crippen LogP contribution in [0.25, 0.3) is 0 Å². The smallest absolute Gasteiger partial charge is 0.406 e. The number of rotatable bonds is 5. The van der Waals surface area contributed by atoms with E-state index in [-0.39, 0.29) is 13.0 Å². The van der Waals surface area contributed by atoms with E-state index in [9.17, 15) is 22.8 Å². The highest BCUT2D eigenvalue weighted by atomic mass is 19.4. The maximum absolute atomic E-state index is 12.4. The number of alkyl halides is 3. The van der Waals surface area contributed by atoms with Crippen molar-refractivity contribution in [2.24, 2.45) is 11.8 Å². The average molecular weight is 281 g/mol. The van der Waals surface area contributed by atoms with Gasteiger partial charge < -0.3 is 10.0 Å². The van der Waals surface area contributed by atoms with E-state index in [1.165, 1.54) is 0 Å². The molecule has 0 aliphatic heterocycles. The van der Waals surface area contributed by atoms with Gasteiger partial charge in [-0.15, -0.1) is 0 Å². The Morgan fingerprint density at radius 1 is 1.26 bits per heavy atom. The van der Waals surface area contributed by atoms with Crippen LogP contribution in [-0.2, 0) is 9.59 Å². The van der Waals surface area contributed by atoms with E-state index in [0.717, 1.165) is 4.90 Å². The zero-order valence-corrected chi connectivity index (χ0v) is 10.7. The number of carboxylic acid groups (broad SMARTS) is 1. The molecule has 1 aliphatic rings. The molecule has 0 heterocycles. The summed E-state index contributed by atoms with van der Waals surface area (Å²) >= 11 is 0. The van der Waals surface area contributed by atoms with Crippen molar-refractivity contribution in [2.45, 2.75) is 38.8 Å². The van der Waals surface area contributed by atoms with Crippen LogP contribution in [0, 0.1) is 11.8 Å². The minimum absolute atomic E-state index is 0.0482. The van der Waals surface area contributed by atoms with Crippen LogP contribution >= 0.6 is 0 Å². The molecule has 0 aromatic rings. The average Bonchev–Trinajstić information content (AvgIpc) is 2.75. The number of amides is 1. The third kappa shape index (κ3) is 4.72. The summed E-state index contributed by atoms with van der Waals surface area (Å²) in [5, 5.41) is 8.84. The summed E-state index contributed by atoms with van der Waals surface area (Å²) in [7, 11) is 0. The van der Waals surface area contributed by atoms with Gasteiger partial charge in [0.05, 0.1) is 5.92 Å². The van der Waals surface area contributed by atoms with Gasteiger partial charge in [-0.05, 0) is 25.7 Å². The van der Waals surface area contributed by atoms with Gasteiger partial charge in [0.1, 0.15) is 6.54 Å². The number of nitrogens with zero attached hydrogens (tertiary/aromatic N) is 1. The summed E-state index contributed by atoms with van der Waals surface area (Å²) in [6.07, 6.45) is -3.12. The first-order valence-corrected chi connectivity index (χ1v) is 6.33. The SMILES string of the molecule is CCCN(CC(F)(F)F)C(=O)[C@@H]1CC[C@H](C(=O)O)C1. The number of carbonyl (C=O) groups is 2. The molecule has 110 valence electrons. The van der Waals surface area contributed by atoms with E-state index in [4.69, 9.17) is 5.11 Å². The van der Waals surface area contributed by atoms with Crippen molar-refractivity contribution in [3.05, 3.63) is 0 Å². The quantitative estimate of drug-likeness (QED) is 0.841. The van der Waals surface area contributed by atoms with E-state index in [1.54, 1.807) is 6.92 Å². The van der Waals surface area contributed by atoms with Gasteiger partial charge in [0.2, 0.25) is 5.91 Å². The molecule has 0 unspecified atom stereocenters. The fourth-order valence-corrected chi connectivity index (χ4v) is 2.44. The maximum atomic E-state index is 12.4. The highest BCUT2D eigenvalue weighted by Crippen LogP contribution is 2.33. The van der Waals surface area contributed by atoms with E-state index < -0.39 is 36.4 Å². The normalized spacial score (nSPS) is 23.4. The van der Waals surface area contributed by atoms with Crippen molar-refractivity contribution in [2.75, 3.05) is 13.1 Å². The molecule has 2 atom stereocenters. The van der Waals surface area contributed by atoms with Crippen LogP contribution in [-0.4, -0.2) is 41.1 Å². The number of hydrogen-bond acceptors (Lipinski definition) is 2. The third-order valence-electron chi connectivity index (χ3n) is 3.31. The van der Waals surface area contributed by atoms with Crippen molar-refractivity contribution < 1.29 is 27.9 Å². The summed E-state index contributed by atoms with van der Waals surface area (Å²) < 4.78 is 37.2. The van der Waals surface area contributed by atoms with Gasteiger partial charge in [-0.3, -0.25) is 9.59 Å². The summed E-state index contributed by atoms with van der Waals surface area (Å²) in [5.74, 6) is -2.74. The summed E-state index contributed by atoms with van der Waals surface area (Å²) in [5.41, 5.74) is 0. The predicted octanol–water partition coefficient (Wildman–Crippen LogP) is 2.29. The van der Waals surface area contributed by atoms with Gasteiger partial charge in [0.25, 0.3) is 0 Å². The van der Waals surface area contributed by atoms with Crippen LogP contribution < -0.4 is 0 Å². The van der Waals surface area contributed by atoms with Crippen LogP contribution in [0.5, 0.6) is 0 Å². The third-order valence-corrected chi connectivity index (χ3v) is 3.31. The Morgan fingerprint density at radius 3 is 2.26 bits per heavy atom. The standard InChI is InChI=1S/C12H18F3NO3/c1-2-5-16(7-12(13,14)15)10(17)8-3-4-9(6-8)11(18)19/h8-9H,2-7H2,1H3,(H,18,19)/t8-,9+/m1/s1. The van der Waals surface area contributed by atoms with Gasteiger partial charge in [0.15, 0.2) is 0 Å². The Labute approximate surface area is 109 Å². The van der Waals surface area contributed by atoms with Gasteiger partial charge in [-0.1, -0.05) is 6.92 Å². The highest BCUT2D eigenvalue weighted by Gasteiger charge is 2.39. The second-order valence-electron chi connectivity index (χ2n) is 4.92. The number of hydrogen-bond donors (Lipinski definition) is 1. The minimum atomic E-state index is -4.42. The van der Waals surface area contributed by atoms with E-state index >= 15 is 0 Å². The Kier molecular flexibility index (Phi) is 5.20. The molecule has 1 fully saturated rings. The molecular formula is C12H18F3NO3. The van der Waals surface area contributed by atoms with Gasteiger partial charge in [-0.2, -0.15) is 13.2 Å². The first kappa shape index (κ1) is 15.8. The minimum Gasteiger partial charge on any atom is -0.481 e.